The fraction of sp³-hybridized carbons (Fsp3) is 0.500. The highest BCUT2D eigenvalue weighted by Gasteiger charge is 2.41. The van der Waals surface area contributed by atoms with Crippen LogP contribution in [-0.4, -0.2) is 12.7 Å². The minimum atomic E-state index is -3.39. The van der Waals surface area contributed by atoms with E-state index in [2.05, 4.69) is 0 Å². The van der Waals surface area contributed by atoms with Gasteiger partial charge in [-0.15, -0.1) is 0 Å². The summed E-state index contributed by atoms with van der Waals surface area (Å²) in [7, 11) is -3.39. The maximum absolute atomic E-state index is 12.2. The van der Waals surface area contributed by atoms with Gasteiger partial charge >= 0.3 is 8.17 Å². The van der Waals surface area contributed by atoms with Gasteiger partial charge in [-0.3, -0.25) is 0 Å². The lowest BCUT2D eigenvalue weighted by atomic mass is 10.1. The van der Waals surface area contributed by atoms with Gasteiger partial charge in [0.25, 0.3) is 0 Å². The smallest absolute Gasteiger partial charge is 0.380 e. The van der Waals surface area contributed by atoms with E-state index in [1.807, 2.05) is 44.2 Å². The number of hydrogen-bond donors (Lipinski definition) is 0. The molecule has 17 heavy (non-hydrogen) atoms. The van der Waals surface area contributed by atoms with Crippen molar-refractivity contribution in [2.24, 2.45) is 0 Å². The number of phosphoric acid groups is 1. The topological polar surface area (TPSA) is 50.8 Å². The summed E-state index contributed by atoms with van der Waals surface area (Å²) in [5.74, 6) is 0. The van der Waals surface area contributed by atoms with Crippen LogP contribution in [0.5, 0.6) is 0 Å². The Hall–Kier alpha value is -0.510. The second kappa shape index (κ2) is 5.42. The molecule has 94 valence electrons. The van der Waals surface area contributed by atoms with Gasteiger partial charge in [0.05, 0.1) is 6.61 Å². The van der Waals surface area contributed by atoms with Gasteiger partial charge < -0.3 is 4.89 Å². The van der Waals surface area contributed by atoms with Crippen LogP contribution >= 0.6 is 8.17 Å². The second-order valence-electron chi connectivity index (χ2n) is 4.14. The highest BCUT2D eigenvalue weighted by atomic mass is 31.2. The minimum Gasteiger partial charge on any atom is -0.606 e. The van der Waals surface area contributed by atoms with Crippen molar-refractivity contribution >= 4 is 8.17 Å². The fourth-order valence-electron chi connectivity index (χ4n) is 1.67. The third-order valence-electron chi connectivity index (χ3n) is 2.64. The normalized spacial score (nSPS) is 31.1. The van der Waals surface area contributed by atoms with Gasteiger partial charge in [0.15, 0.2) is 0 Å². The molecule has 4 nitrogen and oxygen atoms in total. The zero-order chi connectivity index (χ0) is 12.3. The van der Waals surface area contributed by atoms with Crippen LogP contribution in [0, 0.1) is 0 Å². The Morgan fingerprint density at radius 1 is 1.41 bits per heavy atom. The molecular formula is C12H17O4P. The molecule has 1 heterocycles. The summed E-state index contributed by atoms with van der Waals surface area (Å²) >= 11 is 0. The summed E-state index contributed by atoms with van der Waals surface area (Å²) in [6.07, 6.45) is 0.345. The Bertz CT molecular complexity index is 359. The molecule has 0 aliphatic carbocycles. The summed E-state index contributed by atoms with van der Waals surface area (Å²) in [4.78, 5) is 12.2. The predicted molar refractivity (Wildman–Crippen MR) is 64.0 cm³/mol. The molecule has 0 spiro atoms. The van der Waals surface area contributed by atoms with Crippen molar-refractivity contribution in [2.75, 3.05) is 6.61 Å². The molecule has 0 saturated carbocycles. The van der Waals surface area contributed by atoms with Crippen LogP contribution < -0.4 is 4.89 Å². The summed E-state index contributed by atoms with van der Waals surface area (Å²) in [5, 5.41) is 0. The van der Waals surface area contributed by atoms with E-state index in [0.29, 0.717) is 6.61 Å². The van der Waals surface area contributed by atoms with Crippen LogP contribution in [-0.2, 0) is 13.6 Å². The molecule has 5 heteroatoms. The molecule has 1 saturated heterocycles. The van der Waals surface area contributed by atoms with Crippen LogP contribution in [0.4, 0.5) is 0 Å². The summed E-state index contributed by atoms with van der Waals surface area (Å²) in [6.45, 7) is 4.12. The van der Waals surface area contributed by atoms with Crippen molar-refractivity contribution in [2.45, 2.75) is 32.5 Å². The lowest BCUT2D eigenvalue weighted by molar-refractivity contribution is -0.264. The first-order chi connectivity index (χ1) is 8.09. The summed E-state index contributed by atoms with van der Waals surface area (Å²) in [6, 6.07) is 9.59. The molecule has 0 amide bonds. The first kappa shape index (κ1) is 12.9. The molecule has 0 radical (unpaired) electrons. The Morgan fingerprint density at radius 2 is 2.12 bits per heavy atom. The Kier molecular flexibility index (Phi) is 4.13. The first-order valence-corrected chi connectivity index (χ1v) is 7.21. The highest BCUT2D eigenvalue weighted by Crippen LogP contribution is 2.59. The molecule has 2 rings (SSSR count). The van der Waals surface area contributed by atoms with Crippen molar-refractivity contribution in [1.82, 2.24) is 0 Å². The van der Waals surface area contributed by atoms with Crippen LogP contribution in [0.2, 0.25) is 0 Å². The van der Waals surface area contributed by atoms with Crippen LogP contribution in [0.1, 0.15) is 31.9 Å². The van der Waals surface area contributed by atoms with E-state index < -0.39 is 8.17 Å². The highest BCUT2D eigenvalue weighted by molar-refractivity contribution is 7.54. The molecule has 0 bridgehead atoms. The quantitative estimate of drug-likeness (QED) is 0.780. The molecule has 2 unspecified atom stereocenters. The largest absolute Gasteiger partial charge is 0.606 e. The summed E-state index contributed by atoms with van der Waals surface area (Å²) < 4.78 is 15.9. The molecular weight excluding hydrogens is 239 g/mol. The van der Waals surface area contributed by atoms with Crippen molar-refractivity contribution in [3.05, 3.63) is 35.9 Å². The van der Waals surface area contributed by atoms with Crippen molar-refractivity contribution in [3.63, 3.8) is 0 Å². The second-order valence-corrected chi connectivity index (χ2v) is 5.72. The van der Waals surface area contributed by atoms with Gasteiger partial charge in [-0.2, -0.15) is 13.6 Å². The van der Waals surface area contributed by atoms with E-state index >= 15 is 0 Å². The Morgan fingerprint density at radius 3 is 2.76 bits per heavy atom. The number of benzene rings is 1. The average molecular weight is 256 g/mol. The zero-order valence-electron chi connectivity index (χ0n) is 10.0. The SMILES string of the molecule is CC1CCO[P+]([O-])(O[C@@H](C)c2ccccc2)O1. The molecule has 1 aliphatic rings. The van der Waals surface area contributed by atoms with E-state index in [-0.39, 0.29) is 12.2 Å². The Balaban J connectivity index is 2.00. The maximum Gasteiger partial charge on any atom is 0.380 e. The number of phosphoric ester groups is 1. The van der Waals surface area contributed by atoms with Gasteiger partial charge in [-0.25, -0.2) is 0 Å². The lowest BCUT2D eigenvalue weighted by Crippen LogP contribution is -2.29. The zero-order valence-corrected chi connectivity index (χ0v) is 10.9. The van der Waals surface area contributed by atoms with E-state index in [1.165, 1.54) is 0 Å². The third kappa shape index (κ3) is 3.47. The standard InChI is InChI=1S/C12H17O4P/c1-10-8-9-14-17(13,15-10)16-11(2)12-6-4-3-5-7-12/h3-7,10-11H,8-9H2,1-2H3/t10?,11-,17?/m0/s1. The van der Waals surface area contributed by atoms with Gasteiger partial charge in [0, 0.05) is 6.42 Å². The fourth-order valence-corrected chi connectivity index (χ4v) is 3.22. The van der Waals surface area contributed by atoms with Crippen LogP contribution in [0.3, 0.4) is 0 Å². The van der Waals surface area contributed by atoms with Crippen LogP contribution in [0.25, 0.3) is 0 Å². The Labute approximate surface area is 102 Å². The molecule has 1 aromatic carbocycles. The van der Waals surface area contributed by atoms with E-state index in [4.69, 9.17) is 13.6 Å². The first-order valence-electron chi connectivity index (χ1n) is 5.75. The molecule has 0 N–H and O–H groups in total. The number of rotatable bonds is 3. The van der Waals surface area contributed by atoms with Crippen molar-refractivity contribution in [3.8, 4) is 0 Å². The molecule has 1 fully saturated rings. The minimum absolute atomic E-state index is 0.0856. The van der Waals surface area contributed by atoms with Crippen molar-refractivity contribution < 1.29 is 18.5 Å². The van der Waals surface area contributed by atoms with E-state index in [0.717, 1.165) is 12.0 Å². The van der Waals surface area contributed by atoms with Gasteiger partial charge in [0.1, 0.15) is 12.2 Å². The van der Waals surface area contributed by atoms with Gasteiger partial charge in [0.2, 0.25) is 0 Å². The third-order valence-corrected chi connectivity index (χ3v) is 4.33. The van der Waals surface area contributed by atoms with Crippen LogP contribution in [0.15, 0.2) is 30.3 Å². The van der Waals surface area contributed by atoms with E-state index in [1.54, 1.807) is 0 Å². The molecule has 0 aromatic heterocycles. The lowest BCUT2D eigenvalue weighted by Gasteiger charge is -2.33. The molecule has 1 aromatic rings. The number of hydrogen-bond acceptors (Lipinski definition) is 4. The van der Waals surface area contributed by atoms with Gasteiger partial charge in [-0.1, -0.05) is 30.3 Å². The maximum atomic E-state index is 12.2. The predicted octanol–water partition coefficient (Wildman–Crippen LogP) is 2.63. The molecule has 1 aliphatic heterocycles. The average Bonchev–Trinajstić information content (AvgIpc) is 2.29. The monoisotopic (exact) mass is 256 g/mol. The van der Waals surface area contributed by atoms with E-state index in [9.17, 15) is 4.89 Å². The summed E-state index contributed by atoms with van der Waals surface area (Å²) in [5.41, 5.74) is 0.952. The van der Waals surface area contributed by atoms with Gasteiger partial charge in [-0.05, 0) is 19.4 Å². The van der Waals surface area contributed by atoms with Crippen molar-refractivity contribution in [1.29, 1.82) is 0 Å². The molecule has 3 atom stereocenters.